The van der Waals surface area contributed by atoms with Crippen LogP contribution in [0.4, 0.5) is 0 Å². The molecule has 0 saturated heterocycles. The molecule has 0 atom stereocenters. The molecular formula is C20H20. The fourth-order valence-corrected chi connectivity index (χ4v) is 2.12. The normalized spacial score (nSPS) is 11.8. The molecule has 0 bridgehead atoms. The Kier molecular flexibility index (Phi) is 4.73. The van der Waals surface area contributed by atoms with E-state index in [1.165, 1.54) is 16.7 Å². The Labute approximate surface area is 121 Å². The summed E-state index contributed by atoms with van der Waals surface area (Å²) in [6.45, 7) is 8.31. The van der Waals surface area contributed by atoms with Crippen molar-refractivity contribution in [2.45, 2.75) is 13.8 Å². The van der Waals surface area contributed by atoms with Crippen molar-refractivity contribution in [3.63, 3.8) is 0 Å². The summed E-state index contributed by atoms with van der Waals surface area (Å²) in [5.41, 5.74) is 5.91. The zero-order valence-corrected chi connectivity index (χ0v) is 12.1. The molecule has 0 heterocycles. The van der Waals surface area contributed by atoms with E-state index in [4.69, 9.17) is 0 Å². The largest absolute Gasteiger partial charge is 0.0912 e. The summed E-state index contributed by atoms with van der Waals surface area (Å²) in [6, 6.07) is 18.8. The van der Waals surface area contributed by atoms with Crippen LogP contribution in [0.25, 0.3) is 11.1 Å². The van der Waals surface area contributed by atoms with Crippen molar-refractivity contribution in [1.29, 1.82) is 0 Å². The third kappa shape index (κ3) is 3.58. The molecule has 0 N–H and O–H groups in total. The minimum absolute atomic E-state index is 1.03. The third-order valence-electron chi connectivity index (χ3n) is 3.27. The van der Waals surface area contributed by atoms with Gasteiger partial charge in [-0.1, -0.05) is 85.0 Å². The Morgan fingerprint density at radius 1 is 0.900 bits per heavy atom. The van der Waals surface area contributed by atoms with Gasteiger partial charge < -0.3 is 0 Å². The van der Waals surface area contributed by atoms with E-state index in [0.717, 1.165) is 11.1 Å². The van der Waals surface area contributed by atoms with E-state index in [1.54, 1.807) is 0 Å². The molecule has 0 aliphatic heterocycles. The number of allylic oxidation sites excluding steroid dienone is 5. The summed E-state index contributed by atoms with van der Waals surface area (Å²) in [5, 5.41) is 0. The lowest BCUT2D eigenvalue weighted by atomic mass is 10.0. The second-order valence-corrected chi connectivity index (χ2v) is 4.84. The molecule has 0 aliphatic carbocycles. The molecule has 0 nitrogen and oxygen atoms in total. The van der Waals surface area contributed by atoms with E-state index in [-0.39, 0.29) is 0 Å². The second kappa shape index (κ2) is 6.72. The summed E-state index contributed by atoms with van der Waals surface area (Å²) < 4.78 is 0. The van der Waals surface area contributed by atoms with Crippen LogP contribution in [-0.2, 0) is 0 Å². The fraction of sp³-hybridized carbons (Fsp3) is 0.100. The topological polar surface area (TPSA) is 0 Å². The molecule has 0 fully saturated rings. The number of aryl methyl sites for hydroxylation is 1. The van der Waals surface area contributed by atoms with Gasteiger partial charge in [-0.15, -0.1) is 0 Å². The van der Waals surface area contributed by atoms with E-state index in [2.05, 4.69) is 75.1 Å². The van der Waals surface area contributed by atoms with Gasteiger partial charge in [-0.3, -0.25) is 0 Å². The van der Waals surface area contributed by atoms with Crippen molar-refractivity contribution in [3.8, 4) is 0 Å². The predicted octanol–water partition coefficient (Wildman–Crippen LogP) is 5.67. The van der Waals surface area contributed by atoms with Crippen molar-refractivity contribution < 1.29 is 0 Å². The van der Waals surface area contributed by atoms with Crippen molar-refractivity contribution in [2.24, 2.45) is 0 Å². The van der Waals surface area contributed by atoms with Crippen LogP contribution in [-0.4, -0.2) is 0 Å². The first kappa shape index (κ1) is 14.1. The Morgan fingerprint density at radius 2 is 1.60 bits per heavy atom. The van der Waals surface area contributed by atoms with Crippen molar-refractivity contribution >= 4 is 11.1 Å². The minimum atomic E-state index is 1.03. The monoisotopic (exact) mass is 260 g/mol. The lowest BCUT2D eigenvalue weighted by Crippen LogP contribution is -1.83. The number of rotatable bonds is 4. The van der Waals surface area contributed by atoms with E-state index in [1.807, 2.05) is 18.2 Å². The van der Waals surface area contributed by atoms with E-state index < -0.39 is 0 Å². The van der Waals surface area contributed by atoms with Gasteiger partial charge in [0.2, 0.25) is 0 Å². The van der Waals surface area contributed by atoms with Gasteiger partial charge in [-0.2, -0.15) is 0 Å². The zero-order valence-electron chi connectivity index (χ0n) is 12.1. The molecule has 0 radical (unpaired) electrons. The Balaban J connectivity index is 2.19. The molecular weight excluding hydrogens is 240 g/mol. The van der Waals surface area contributed by atoms with Crippen LogP contribution < -0.4 is 0 Å². The van der Waals surface area contributed by atoms with Crippen LogP contribution in [0.3, 0.4) is 0 Å². The summed E-state index contributed by atoms with van der Waals surface area (Å²) >= 11 is 0. The number of benzene rings is 2. The maximum Gasteiger partial charge on any atom is -0.0185 e. The van der Waals surface area contributed by atoms with Gasteiger partial charge in [-0.05, 0) is 36.1 Å². The average Bonchev–Trinajstić information content (AvgIpc) is 2.48. The van der Waals surface area contributed by atoms with E-state index >= 15 is 0 Å². The van der Waals surface area contributed by atoms with Crippen LogP contribution in [0.5, 0.6) is 0 Å². The molecule has 2 aromatic carbocycles. The summed E-state index contributed by atoms with van der Waals surface area (Å²) in [6.07, 6.45) is 6.33. The second-order valence-electron chi connectivity index (χ2n) is 4.84. The lowest BCUT2D eigenvalue weighted by Gasteiger charge is -2.04. The van der Waals surface area contributed by atoms with Gasteiger partial charge in [0.05, 0.1) is 0 Å². The SMILES string of the molecule is C=C(/C=C\C(=C/C)c1cccc(C)c1)c1ccccc1. The maximum atomic E-state index is 4.13. The highest BCUT2D eigenvalue weighted by Gasteiger charge is 1.98. The van der Waals surface area contributed by atoms with Crippen molar-refractivity contribution in [2.75, 3.05) is 0 Å². The molecule has 0 amide bonds. The Bertz CT molecular complexity index is 643. The van der Waals surface area contributed by atoms with Gasteiger partial charge in [-0.25, -0.2) is 0 Å². The van der Waals surface area contributed by atoms with Crippen LogP contribution in [0.2, 0.25) is 0 Å². The van der Waals surface area contributed by atoms with E-state index in [9.17, 15) is 0 Å². The molecule has 100 valence electrons. The third-order valence-corrected chi connectivity index (χ3v) is 3.27. The lowest BCUT2D eigenvalue weighted by molar-refractivity contribution is 1.45. The molecule has 2 rings (SSSR count). The Morgan fingerprint density at radius 3 is 2.25 bits per heavy atom. The van der Waals surface area contributed by atoms with E-state index in [0.29, 0.717) is 0 Å². The molecule has 20 heavy (non-hydrogen) atoms. The van der Waals surface area contributed by atoms with Gasteiger partial charge in [0.1, 0.15) is 0 Å². The van der Waals surface area contributed by atoms with Gasteiger partial charge >= 0.3 is 0 Å². The fourth-order valence-electron chi connectivity index (χ4n) is 2.12. The van der Waals surface area contributed by atoms with Crippen LogP contribution >= 0.6 is 0 Å². The molecule has 0 aromatic heterocycles. The highest BCUT2D eigenvalue weighted by atomic mass is 14.0. The first-order valence-corrected chi connectivity index (χ1v) is 6.86. The van der Waals surface area contributed by atoms with Crippen LogP contribution in [0.1, 0.15) is 23.6 Å². The van der Waals surface area contributed by atoms with Gasteiger partial charge in [0, 0.05) is 0 Å². The summed E-state index contributed by atoms with van der Waals surface area (Å²) in [5.74, 6) is 0. The maximum absolute atomic E-state index is 4.13. The molecule has 0 unspecified atom stereocenters. The average molecular weight is 260 g/mol. The van der Waals surface area contributed by atoms with Crippen molar-refractivity contribution in [3.05, 3.63) is 96.1 Å². The molecule has 2 aromatic rings. The first-order chi connectivity index (χ1) is 9.70. The van der Waals surface area contributed by atoms with Crippen LogP contribution in [0, 0.1) is 6.92 Å². The van der Waals surface area contributed by atoms with Crippen molar-refractivity contribution in [1.82, 2.24) is 0 Å². The van der Waals surface area contributed by atoms with Gasteiger partial charge in [0.15, 0.2) is 0 Å². The first-order valence-electron chi connectivity index (χ1n) is 6.86. The highest BCUT2D eigenvalue weighted by Crippen LogP contribution is 2.20. The predicted molar refractivity (Wildman–Crippen MR) is 89.4 cm³/mol. The quantitative estimate of drug-likeness (QED) is 0.621. The Hall–Kier alpha value is -2.34. The number of hydrogen-bond acceptors (Lipinski definition) is 0. The zero-order chi connectivity index (χ0) is 14.4. The van der Waals surface area contributed by atoms with Gasteiger partial charge in [0.25, 0.3) is 0 Å². The molecule has 0 spiro atoms. The molecule has 0 heteroatoms. The smallest absolute Gasteiger partial charge is 0.0185 e. The molecule has 0 saturated carbocycles. The minimum Gasteiger partial charge on any atom is -0.0912 e. The standard InChI is InChI=1S/C20H20/c1-4-18(20-12-8-9-16(2)15-20)14-13-17(3)19-10-6-5-7-11-19/h4-15H,3H2,1-2H3/b14-13-,18-4+. The highest BCUT2D eigenvalue weighted by molar-refractivity contribution is 5.80. The summed E-state index contributed by atoms with van der Waals surface area (Å²) in [4.78, 5) is 0. The molecule has 0 aliphatic rings. The number of hydrogen-bond donors (Lipinski definition) is 0. The van der Waals surface area contributed by atoms with Crippen LogP contribution in [0.15, 0.2) is 79.4 Å². The summed E-state index contributed by atoms with van der Waals surface area (Å²) in [7, 11) is 0.